The van der Waals surface area contributed by atoms with E-state index in [0.29, 0.717) is 40.4 Å². The lowest BCUT2D eigenvalue weighted by Crippen LogP contribution is -2.30. The largest absolute Gasteiger partial charge is 0.493 e. The Morgan fingerprint density at radius 1 is 1.16 bits per heavy atom. The predicted molar refractivity (Wildman–Crippen MR) is 139 cm³/mol. The highest BCUT2D eigenvalue weighted by molar-refractivity contribution is 5.97. The third-order valence-corrected chi connectivity index (χ3v) is 6.07. The van der Waals surface area contributed by atoms with Crippen LogP contribution >= 0.6 is 0 Å². The number of carbonyl (C=O) groups is 2. The van der Waals surface area contributed by atoms with Gasteiger partial charge in [-0.1, -0.05) is 20.8 Å². The number of ether oxygens (including phenoxy) is 2. The summed E-state index contributed by atoms with van der Waals surface area (Å²) in [5.74, 6) is 0.396. The number of hydrogen-bond acceptors (Lipinski definition) is 8. The number of ketones is 1. The van der Waals surface area contributed by atoms with Crippen molar-refractivity contribution in [1.82, 2.24) is 24.7 Å². The van der Waals surface area contributed by atoms with Crippen molar-refractivity contribution in [3.63, 3.8) is 0 Å². The number of methoxy groups -OCH3 is 1. The molecular formula is C26H36N6O5. The fourth-order valence-corrected chi connectivity index (χ4v) is 4.05. The van der Waals surface area contributed by atoms with E-state index < -0.39 is 0 Å². The number of aliphatic hydroxyl groups excluding tert-OH is 1. The summed E-state index contributed by atoms with van der Waals surface area (Å²) in [4.78, 5) is 30.4. The van der Waals surface area contributed by atoms with Gasteiger partial charge in [0.1, 0.15) is 13.2 Å². The fourth-order valence-electron chi connectivity index (χ4n) is 4.05. The number of benzene rings is 1. The number of nitrogens with zero attached hydrogens (tertiary/aromatic N) is 5. The molecule has 0 aliphatic carbocycles. The van der Waals surface area contributed by atoms with Gasteiger partial charge in [-0.3, -0.25) is 14.6 Å². The van der Waals surface area contributed by atoms with Gasteiger partial charge in [-0.2, -0.15) is 9.61 Å². The Hall–Kier alpha value is -3.73. The molecule has 11 nitrogen and oxygen atoms in total. The molecule has 1 aromatic carbocycles. The number of Topliss-reactive ketones (excluding diaryl/α,β-unsaturated/α-hetero) is 1. The molecule has 11 heteroatoms. The smallest absolute Gasteiger partial charge is 0.272 e. The van der Waals surface area contributed by atoms with Gasteiger partial charge in [0.25, 0.3) is 5.91 Å². The average Bonchev–Trinajstić information content (AvgIpc) is 3.20. The summed E-state index contributed by atoms with van der Waals surface area (Å²) in [6, 6.07) is 3.42. The van der Waals surface area contributed by atoms with Gasteiger partial charge in [-0.15, -0.1) is 5.10 Å². The Labute approximate surface area is 216 Å². The second kappa shape index (κ2) is 11.1. The summed E-state index contributed by atoms with van der Waals surface area (Å²) in [6.07, 6.45) is 0. The van der Waals surface area contributed by atoms with Crippen molar-refractivity contribution in [3.8, 4) is 11.5 Å². The van der Waals surface area contributed by atoms with Gasteiger partial charge in [-0.25, -0.2) is 4.68 Å². The number of aryl methyl sites for hydroxylation is 1. The molecule has 3 aromatic rings. The van der Waals surface area contributed by atoms with Crippen molar-refractivity contribution in [3.05, 3.63) is 45.7 Å². The van der Waals surface area contributed by atoms with Crippen LogP contribution in [0.25, 0.3) is 5.65 Å². The van der Waals surface area contributed by atoms with E-state index in [1.54, 1.807) is 26.3 Å². The molecule has 0 atom stereocenters. The molecule has 2 aromatic heterocycles. The summed E-state index contributed by atoms with van der Waals surface area (Å²) in [7, 11) is 3.13. The second-order valence-corrected chi connectivity index (χ2v) is 9.68. The summed E-state index contributed by atoms with van der Waals surface area (Å²) < 4.78 is 14.3. The topological polar surface area (TPSA) is 132 Å². The van der Waals surface area contributed by atoms with E-state index in [0.717, 1.165) is 11.1 Å². The summed E-state index contributed by atoms with van der Waals surface area (Å²) >= 11 is 0. The second-order valence-electron chi connectivity index (χ2n) is 9.68. The van der Waals surface area contributed by atoms with Crippen molar-refractivity contribution >= 4 is 17.3 Å². The Morgan fingerprint density at radius 2 is 1.86 bits per heavy atom. The Balaban J connectivity index is 2.12. The molecule has 200 valence electrons. The molecule has 2 heterocycles. The number of carbonyl (C=O) groups excluding carboxylic acids is 2. The summed E-state index contributed by atoms with van der Waals surface area (Å²) in [5, 5.41) is 21.1. The summed E-state index contributed by atoms with van der Waals surface area (Å²) in [6.45, 7) is 11.8. The molecule has 0 unspecified atom stereocenters. The summed E-state index contributed by atoms with van der Waals surface area (Å²) in [5.41, 5.74) is 3.47. The third kappa shape index (κ3) is 5.51. The number of fused-ring (bicyclic) bond motifs is 1. The number of aliphatic hydroxyl groups is 1. The molecule has 0 aliphatic rings. The van der Waals surface area contributed by atoms with Crippen LogP contribution in [0.4, 0.5) is 0 Å². The first-order chi connectivity index (χ1) is 17.5. The Bertz CT molecular complexity index is 1400. The number of rotatable bonds is 9. The first-order valence-electron chi connectivity index (χ1n) is 12.2. The maximum Gasteiger partial charge on any atom is 0.272 e. The first-order valence-corrected chi connectivity index (χ1v) is 12.2. The molecule has 0 radical (unpaired) electrons. The highest BCUT2D eigenvalue weighted by Crippen LogP contribution is 2.40. The third-order valence-electron chi connectivity index (χ3n) is 6.07. The highest BCUT2D eigenvalue weighted by atomic mass is 16.5. The fraction of sp³-hybridized carbons (Fsp3) is 0.500. The average molecular weight is 513 g/mol. The molecule has 2 N–H and O–H groups in total. The number of amides is 1. The van der Waals surface area contributed by atoms with Crippen molar-refractivity contribution in [2.24, 2.45) is 4.99 Å². The van der Waals surface area contributed by atoms with Gasteiger partial charge in [-0.05, 0) is 43.9 Å². The van der Waals surface area contributed by atoms with Crippen LogP contribution in [0.5, 0.6) is 11.5 Å². The van der Waals surface area contributed by atoms with Crippen LogP contribution < -0.4 is 20.4 Å². The van der Waals surface area contributed by atoms with Gasteiger partial charge < -0.3 is 19.9 Å². The van der Waals surface area contributed by atoms with E-state index in [2.05, 4.69) is 20.5 Å². The standard InChI is InChI=1S/C26H36N6O5/c1-9-28-24(35)21-15(2)16(3)23-30-31(25(27-7)32(23)29-21)14-19(34)17-12-18(26(4,5)6)22(36-8)20(13-17)37-11-10-33/h12-13,33H,9-11,14H2,1-8H3,(H,28,35)/b27-25+. The minimum Gasteiger partial charge on any atom is -0.493 e. The zero-order valence-electron chi connectivity index (χ0n) is 22.8. The van der Waals surface area contributed by atoms with Crippen LogP contribution in [0.3, 0.4) is 0 Å². The molecule has 1 amide bonds. The molecule has 0 saturated heterocycles. The van der Waals surface area contributed by atoms with Crippen LogP contribution in [0.15, 0.2) is 17.1 Å². The van der Waals surface area contributed by atoms with Crippen molar-refractivity contribution in [2.45, 2.75) is 53.5 Å². The lowest BCUT2D eigenvalue weighted by atomic mass is 9.84. The van der Waals surface area contributed by atoms with Crippen molar-refractivity contribution in [2.75, 3.05) is 33.9 Å². The maximum atomic E-state index is 13.5. The van der Waals surface area contributed by atoms with Crippen LogP contribution in [0.2, 0.25) is 0 Å². The molecule has 0 saturated carbocycles. The van der Waals surface area contributed by atoms with Crippen LogP contribution in [-0.2, 0) is 12.0 Å². The number of aromatic nitrogens is 4. The SMILES string of the molecule is CCNC(=O)c1nn2/c(=N/C)n(CC(=O)c3cc(OCCO)c(OC)c(C(C)(C)C)c3)nc2c(C)c1C. The molecule has 0 fully saturated rings. The minimum atomic E-state index is -0.340. The number of nitrogens with one attached hydrogen (secondary N) is 1. The van der Waals surface area contributed by atoms with Crippen molar-refractivity contribution < 1.29 is 24.2 Å². The lowest BCUT2D eigenvalue weighted by molar-refractivity contribution is 0.0944. The molecule has 0 aliphatic heterocycles. The quantitative estimate of drug-likeness (QED) is 0.419. The maximum absolute atomic E-state index is 13.5. The van der Waals surface area contributed by atoms with E-state index in [1.807, 2.05) is 41.5 Å². The molecule has 3 rings (SSSR count). The van der Waals surface area contributed by atoms with Crippen LogP contribution in [0.1, 0.15) is 65.2 Å². The van der Waals surface area contributed by atoms with Gasteiger partial charge in [0, 0.05) is 30.3 Å². The van der Waals surface area contributed by atoms with Crippen molar-refractivity contribution in [1.29, 1.82) is 0 Å². The molecule has 37 heavy (non-hydrogen) atoms. The normalized spacial score (nSPS) is 12.2. The van der Waals surface area contributed by atoms with Gasteiger partial charge in [0.2, 0.25) is 5.62 Å². The van der Waals surface area contributed by atoms with Gasteiger partial charge in [0.05, 0.1) is 13.7 Å². The van der Waals surface area contributed by atoms with Gasteiger partial charge in [0.15, 0.2) is 28.6 Å². The van der Waals surface area contributed by atoms with E-state index in [-0.39, 0.29) is 42.6 Å². The van der Waals surface area contributed by atoms with Crippen LogP contribution in [0, 0.1) is 13.8 Å². The molecule has 0 bridgehead atoms. The Morgan fingerprint density at radius 3 is 2.43 bits per heavy atom. The molecule has 0 spiro atoms. The monoisotopic (exact) mass is 512 g/mol. The molecular weight excluding hydrogens is 476 g/mol. The number of hydrogen-bond donors (Lipinski definition) is 2. The zero-order chi connectivity index (χ0) is 27.5. The lowest BCUT2D eigenvalue weighted by Gasteiger charge is -2.25. The van der Waals surface area contributed by atoms with E-state index in [4.69, 9.17) is 9.47 Å². The Kier molecular flexibility index (Phi) is 8.37. The zero-order valence-corrected chi connectivity index (χ0v) is 22.8. The first kappa shape index (κ1) is 27.9. The predicted octanol–water partition coefficient (Wildman–Crippen LogP) is 1.99. The van der Waals surface area contributed by atoms with E-state index >= 15 is 0 Å². The van der Waals surface area contributed by atoms with E-state index in [9.17, 15) is 14.7 Å². The minimum absolute atomic E-state index is 0.0654. The highest BCUT2D eigenvalue weighted by Gasteiger charge is 2.26. The van der Waals surface area contributed by atoms with Gasteiger partial charge >= 0.3 is 0 Å². The van der Waals surface area contributed by atoms with E-state index in [1.165, 1.54) is 9.20 Å². The van der Waals surface area contributed by atoms with Crippen LogP contribution in [-0.4, -0.2) is 70.1 Å².